The first-order valence-corrected chi connectivity index (χ1v) is 14.3. The van der Waals surface area contributed by atoms with Gasteiger partial charge in [0.2, 0.25) is 0 Å². The maximum atomic E-state index is 6.32. The minimum atomic E-state index is 0.557. The Bertz CT molecular complexity index is 669. The molecule has 1 spiro atoms. The van der Waals surface area contributed by atoms with Crippen molar-refractivity contribution in [2.24, 2.45) is 63.6 Å². The van der Waals surface area contributed by atoms with E-state index in [-0.39, 0.29) is 0 Å². The zero-order valence-electron chi connectivity index (χ0n) is 21.9. The average molecular weight is 429 g/mol. The van der Waals surface area contributed by atoms with Crippen molar-refractivity contribution in [1.82, 2.24) is 0 Å². The van der Waals surface area contributed by atoms with Crippen LogP contribution in [-0.2, 0) is 4.74 Å². The second kappa shape index (κ2) is 7.74. The summed E-state index contributed by atoms with van der Waals surface area (Å²) in [6.07, 6.45) is 16.7. The molecule has 178 valence electrons. The lowest BCUT2D eigenvalue weighted by atomic mass is 9.45. The van der Waals surface area contributed by atoms with E-state index in [1.807, 2.05) is 7.11 Å². The predicted molar refractivity (Wildman–Crippen MR) is 131 cm³/mol. The van der Waals surface area contributed by atoms with E-state index in [9.17, 15) is 0 Å². The Morgan fingerprint density at radius 1 is 0.935 bits per heavy atom. The molecule has 0 N–H and O–H groups in total. The molecule has 0 amide bonds. The zero-order chi connectivity index (χ0) is 22.2. The summed E-state index contributed by atoms with van der Waals surface area (Å²) in [7, 11) is 2.04. The van der Waals surface area contributed by atoms with E-state index in [1.54, 1.807) is 0 Å². The Morgan fingerprint density at radius 2 is 1.71 bits per heavy atom. The van der Waals surface area contributed by atoms with Crippen LogP contribution in [0.2, 0.25) is 0 Å². The number of rotatable bonds is 7. The summed E-state index contributed by atoms with van der Waals surface area (Å²) < 4.78 is 6.32. The fourth-order valence-electron chi connectivity index (χ4n) is 11.2. The second-order valence-electron chi connectivity index (χ2n) is 13.9. The molecule has 8 unspecified atom stereocenters. The Hall–Kier alpha value is -0.0400. The summed E-state index contributed by atoms with van der Waals surface area (Å²) in [4.78, 5) is 0. The van der Waals surface area contributed by atoms with Gasteiger partial charge >= 0.3 is 0 Å². The Labute approximate surface area is 193 Å². The quantitative estimate of drug-likeness (QED) is 0.396. The van der Waals surface area contributed by atoms with Crippen molar-refractivity contribution in [3.63, 3.8) is 0 Å². The predicted octanol–water partition coefficient (Wildman–Crippen LogP) is 8.37. The lowest BCUT2D eigenvalue weighted by Crippen LogP contribution is -2.57. The van der Waals surface area contributed by atoms with Crippen LogP contribution in [0.3, 0.4) is 0 Å². The van der Waals surface area contributed by atoms with Crippen molar-refractivity contribution >= 4 is 0 Å². The van der Waals surface area contributed by atoms with Crippen LogP contribution >= 0.6 is 0 Å². The van der Waals surface area contributed by atoms with Crippen LogP contribution in [0.15, 0.2) is 0 Å². The maximum Gasteiger partial charge on any atom is 0.0638 e. The summed E-state index contributed by atoms with van der Waals surface area (Å²) in [5.74, 6) is 7.54. The lowest BCUT2D eigenvalue weighted by molar-refractivity contribution is -0.161. The van der Waals surface area contributed by atoms with Gasteiger partial charge < -0.3 is 4.74 Å². The summed E-state index contributed by atoms with van der Waals surface area (Å²) in [5.41, 5.74) is 1.76. The molecule has 0 radical (unpaired) electrons. The first-order valence-electron chi connectivity index (χ1n) is 14.3. The van der Waals surface area contributed by atoms with Gasteiger partial charge in [0.25, 0.3) is 0 Å². The van der Waals surface area contributed by atoms with Crippen molar-refractivity contribution in [3.8, 4) is 0 Å². The van der Waals surface area contributed by atoms with E-state index in [4.69, 9.17) is 4.74 Å². The topological polar surface area (TPSA) is 9.23 Å². The Balaban J connectivity index is 1.33. The molecule has 1 heteroatoms. The van der Waals surface area contributed by atoms with Crippen LogP contribution in [0.25, 0.3) is 0 Å². The van der Waals surface area contributed by atoms with Gasteiger partial charge in [0.1, 0.15) is 0 Å². The third-order valence-electron chi connectivity index (χ3n) is 13.0. The molecule has 5 fully saturated rings. The Morgan fingerprint density at radius 3 is 2.35 bits per heavy atom. The molecule has 0 aromatic rings. The fraction of sp³-hybridized carbons (Fsp3) is 1.00. The van der Waals surface area contributed by atoms with Gasteiger partial charge in [0.05, 0.1) is 6.10 Å². The zero-order valence-corrected chi connectivity index (χ0v) is 21.9. The van der Waals surface area contributed by atoms with E-state index < -0.39 is 0 Å². The van der Waals surface area contributed by atoms with E-state index in [2.05, 4.69) is 41.5 Å². The first-order chi connectivity index (χ1) is 14.7. The molecule has 11 atom stereocenters. The van der Waals surface area contributed by atoms with E-state index in [0.29, 0.717) is 22.3 Å². The average Bonchev–Trinajstić information content (AvgIpc) is 3.24. The monoisotopic (exact) mass is 428 g/mol. The minimum absolute atomic E-state index is 0.557. The standard InChI is InChI=1S/C30H52O/c1-8-21(19(2)3)10-9-20(4)24-11-12-25-23-17-27(31-7)30-18-22(30)13-16-29(30,6)26(23)14-15-28(24,25)5/h19-27H,8-18H2,1-7H3/t20?,21?,22-,23?,24?,25?,26?,27?,28+,29+,30?/m0/s1. The number of methoxy groups -OCH3 is 1. The van der Waals surface area contributed by atoms with Gasteiger partial charge in [0, 0.05) is 12.5 Å². The van der Waals surface area contributed by atoms with Crippen LogP contribution in [0.5, 0.6) is 0 Å². The third-order valence-corrected chi connectivity index (χ3v) is 13.0. The van der Waals surface area contributed by atoms with Crippen LogP contribution in [0.4, 0.5) is 0 Å². The molecule has 0 heterocycles. The van der Waals surface area contributed by atoms with Crippen molar-refractivity contribution in [1.29, 1.82) is 0 Å². The molecule has 5 rings (SSSR count). The summed E-state index contributed by atoms with van der Waals surface area (Å²) in [6.45, 7) is 15.4. The van der Waals surface area contributed by atoms with Gasteiger partial charge in [-0.2, -0.15) is 0 Å². The molecule has 1 nitrogen and oxygen atoms in total. The second-order valence-corrected chi connectivity index (χ2v) is 13.9. The summed E-state index contributed by atoms with van der Waals surface area (Å²) >= 11 is 0. The number of hydrogen-bond donors (Lipinski definition) is 0. The molecule has 0 saturated heterocycles. The summed E-state index contributed by atoms with van der Waals surface area (Å²) in [6, 6.07) is 0. The normalized spacial score (nSPS) is 52.3. The highest BCUT2D eigenvalue weighted by Gasteiger charge is 2.77. The lowest BCUT2D eigenvalue weighted by Gasteiger charge is -2.61. The Kier molecular flexibility index (Phi) is 5.68. The largest absolute Gasteiger partial charge is 0.381 e. The van der Waals surface area contributed by atoms with E-state index in [1.165, 1.54) is 70.6 Å². The van der Waals surface area contributed by atoms with E-state index >= 15 is 0 Å². The number of hydrogen-bond acceptors (Lipinski definition) is 1. The SMILES string of the molecule is CCC(CCC(C)C1CCC2C3CC(OC)C45C[C@@H]4CC[C@]5(C)C3CC[C@]12C)C(C)C. The maximum absolute atomic E-state index is 6.32. The van der Waals surface area contributed by atoms with Gasteiger partial charge in [-0.05, 0) is 116 Å². The van der Waals surface area contributed by atoms with Crippen LogP contribution in [-0.4, -0.2) is 13.2 Å². The van der Waals surface area contributed by atoms with Gasteiger partial charge in [0.15, 0.2) is 0 Å². The van der Waals surface area contributed by atoms with Crippen molar-refractivity contribution in [2.75, 3.05) is 7.11 Å². The third kappa shape index (κ3) is 3.03. The molecule has 0 aliphatic heterocycles. The molecular formula is C30H52O. The van der Waals surface area contributed by atoms with Crippen LogP contribution < -0.4 is 0 Å². The van der Waals surface area contributed by atoms with Gasteiger partial charge in [-0.1, -0.05) is 54.4 Å². The first kappa shape index (κ1) is 22.7. The van der Waals surface area contributed by atoms with Crippen LogP contribution in [0.1, 0.15) is 112 Å². The molecule has 5 saturated carbocycles. The van der Waals surface area contributed by atoms with Gasteiger partial charge in [-0.25, -0.2) is 0 Å². The van der Waals surface area contributed by atoms with Crippen molar-refractivity contribution < 1.29 is 4.74 Å². The molecule has 0 aromatic carbocycles. The highest BCUT2D eigenvalue weighted by molar-refractivity contribution is 5.26. The molecule has 31 heavy (non-hydrogen) atoms. The molecular weight excluding hydrogens is 376 g/mol. The molecule has 0 aromatic heterocycles. The van der Waals surface area contributed by atoms with Crippen molar-refractivity contribution in [3.05, 3.63) is 0 Å². The molecule has 0 bridgehead atoms. The highest BCUT2D eigenvalue weighted by atomic mass is 16.5. The van der Waals surface area contributed by atoms with Gasteiger partial charge in [-0.3, -0.25) is 0 Å². The minimum Gasteiger partial charge on any atom is -0.381 e. The summed E-state index contributed by atoms with van der Waals surface area (Å²) in [5, 5.41) is 0. The number of fused-ring (bicyclic) bond motifs is 4. The van der Waals surface area contributed by atoms with Gasteiger partial charge in [-0.15, -0.1) is 0 Å². The van der Waals surface area contributed by atoms with Crippen LogP contribution in [0, 0.1) is 63.6 Å². The smallest absolute Gasteiger partial charge is 0.0638 e. The molecule has 5 aliphatic carbocycles. The molecule has 5 aliphatic rings. The number of ether oxygens (including phenoxy) is 1. The van der Waals surface area contributed by atoms with E-state index in [0.717, 1.165) is 47.3 Å². The fourth-order valence-corrected chi connectivity index (χ4v) is 11.2. The highest BCUT2D eigenvalue weighted by Crippen LogP contribution is 2.82. The van der Waals surface area contributed by atoms with Crippen molar-refractivity contribution in [2.45, 2.75) is 118 Å².